The molecule has 2 nitrogen and oxygen atoms in total. The first-order chi connectivity index (χ1) is 4.33. The molecule has 0 bridgehead atoms. The molecule has 0 atom stereocenters. The first kappa shape index (κ1) is 6.23. The van der Waals surface area contributed by atoms with Gasteiger partial charge in [0, 0.05) is 6.07 Å². The Morgan fingerprint density at radius 3 is 2.89 bits per heavy atom. The molecule has 0 fully saturated rings. The van der Waals surface area contributed by atoms with Gasteiger partial charge in [-0.15, -0.1) is 4.91 Å². The van der Waals surface area contributed by atoms with Crippen molar-refractivity contribution >= 4 is 17.3 Å². The van der Waals surface area contributed by atoms with Crippen LogP contribution in [0.5, 0.6) is 0 Å². The van der Waals surface area contributed by atoms with Gasteiger partial charge in [-0.3, -0.25) is 0 Å². The Hall–Kier alpha value is -0.890. The van der Waals surface area contributed by atoms with Crippen LogP contribution in [0.1, 0.15) is 0 Å². The lowest BCUT2D eigenvalue weighted by molar-refractivity contribution is 1.50. The average molecular weight is 141 g/mol. The summed E-state index contributed by atoms with van der Waals surface area (Å²) in [7, 11) is 0. The highest BCUT2D eigenvalue weighted by Gasteiger charge is 1.89. The molecule has 9 heavy (non-hydrogen) atoms. The normalized spacial score (nSPS) is 9.00. The van der Waals surface area contributed by atoms with Crippen LogP contribution in [0.3, 0.4) is 0 Å². The van der Waals surface area contributed by atoms with Gasteiger partial charge in [0.15, 0.2) is 0 Å². The van der Waals surface area contributed by atoms with E-state index < -0.39 is 0 Å². The molecule has 45 valence electrons. The molecule has 0 aromatic heterocycles. The third-order valence-electron chi connectivity index (χ3n) is 0.855. The molecule has 0 amide bonds. The SMILES string of the molecule is O=Nc1cc[c]c(Cl)c1. The van der Waals surface area contributed by atoms with Gasteiger partial charge in [-0.1, -0.05) is 17.7 Å². The molecular formula is C6H3ClNO. The molecule has 1 aromatic rings. The first-order valence-electron chi connectivity index (χ1n) is 2.33. The van der Waals surface area contributed by atoms with Crippen LogP contribution in [-0.4, -0.2) is 0 Å². The quantitative estimate of drug-likeness (QED) is 0.551. The number of hydrogen-bond acceptors (Lipinski definition) is 2. The van der Waals surface area contributed by atoms with Gasteiger partial charge >= 0.3 is 0 Å². The van der Waals surface area contributed by atoms with Crippen molar-refractivity contribution in [3.05, 3.63) is 34.2 Å². The molecule has 0 heterocycles. The van der Waals surface area contributed by atoms with E-state index in [4.69, 9.17) is 11.6 Å². The molecule has 0 aliphatic carbocycles. The van der Waals surface area contributed by atoms with E-state index in [-0.39, 0.29) is 0 Å². The Morgan fingerprint density at radius 2 is 2.44 bits per heavy atom. The Labute approximate surface area is 57.4 Å². The second-order valence-electron chi connectivity index (χ2n) is 1.49. The van der Waals surface area contributed by atoms with Crippen LogP contribution < -0.4 is 0 Å². The summed E-state index contributed by atoms with van der Waals surface area (Å²) in [6.07, 6.45) is 0. The average Bonchev–Trinajstić information content (AvgIpc) is 1.88. The predicted octanol–water partition coefficient (Wildman–Crippen LogP) is 2.54. The number of halogens is 1. The van der Waals surface area contributed by atoms with Gasteiger partial charge in [0.2, 0.25) is 0 Å². The van der Waals surface area contributed by atoms with Crippen LogP contribution in [-0.2, 0) is 0 Å². The summed E-state index contributed by atoms with van der Waals surface area (Å²) in [5.74, 6) is 0. The maximum absolute atomic E-state index is 9.84. The molecule has 0 saturated heterocycles. The van der Waals surface area contributed by atoms with Crippen LogP contribution in [0.2, 0.25) is 5.02 Å². The van der Waals surface area contributed by atoms with Crippen molar-refractivity contribution in [2.75, 3.05) is 0 Å². The number of hydrogen-bond donors (Lipinski definition) is 0. The van der Waals surface area contributed by atoms with Gasteiger partial charge in [0.1, 0.15) is 5.69 Å². The van der Waals surface area contributed by atoms with E-state index in [0.717, 1.165) is 0 Å². The van der Waals surface area contributed by atoms with Gasteiger partial charge in [-0.25, -0.2) is 0 Å². The van der Waals surface area contributed by atoms with Crippen LogP contribution in [0.25, 0.3) is 0 Å². The molecule has 0 aliphatic heterocycles. The van der Waals surface area contributed by atoms with Crippen molar-refractivity contribution in [1.29, 1.82) is 0 Å². The topological polar surface area (TPSA) is 29.4 Å². The zero-order valence-electron chi connectivity index (χ0n) is 4.47. The predicted molar refractivity (Wildman–Crippen MR) is 35.7 cm³/mol. The molecular weight excluding hydrogens is 138 g/mol. The van der Waals surface area contributed by atoms with E-state index in [0.29, 0.717) is 10.7 Å². The van der Waals surface area contributed by atoms with Gasteiger partial charge in [0.05, 0.1) is 5.02 Å². The van der Waals surface area contributed by atoms with Crippen LogP contribution >= 0.6 is 11.6 Å². The van der Waals surface area contributed by atoms with Gasteiger partial charge in [0.25, 0.3) is 0 Å². The van der Waals surface area contributed by atoms with E-state index >= 15 is 0 Å². The van der Waals surface area contributed by atoms with Crippen LogP contribution in [0.15, 0.2) is 23.4 Å². The fraction of sp³-hybridized carbons (Fsp3) is 0. The minimum absolute atomic E-state index is 0.332. The third-order valence-corrected chi connectivity index (χ3v) is 1.07. The molecule has 0 saturated carbocycles. The van der Waals surface area contributed by atoms with E-state index in [1.807, 2.05) is 0 Å². The third kappa shape index (κ3) is 1.50. The van der Waals surface area contributed by atoms with E-state index in [1.165, 1.54) is 6.07 Å². The lowest BCUT2D eigenvalue weighted by Gasteiger charge is -1.86. The van der Waals surface area contributed by atoms with E-state index in [2.05, 4.69) is 11.2 Å². The molecule has 1 aromatic carbocycles. The van der Waals surface area contributed by atoms with Crippen molar-refractivity contribution in [3.8, 4) is 0 Å². The van der Waals surface area contributed by atoms with Gasteiger partial charge < -0.3 is 0 Å². The Bertz CT molecular complexity index is 224. The molecule has 0 unspecified atom stereocenters. The Kier molecular flexibility index (Phi) is 1.80. The molecule has 0 N–H and O–H groups in total. The summed E-state index contributed by atoms with van der Waals surface area (Å²) in [5, 5.41) is 3.09. The standard InChI is InChI=1S/C6H3ClNO/c7-5-2-1-3-6(4-5)8-9/h1,3-4H. The van der Waals surface area contributed by atoms with E-state index in [9.17, 15) is 4.91 Å². The highest BCUT2D eigenvalue weighted by molar-refractivity contribution is 6.30. The summed E-state index contributed by atoms with van der Waals surface area (Å²) in [5.41, 5.74) is 0.332. The highest BCUT2D eigenvalue weighted by atomic mass is 35.5. The Balaban J connectivity index is 3.07. The number of nitrogens with zero attached hydrogens (tertiary/aromatic N) is 1. The lowest BCUT2D eigenvalue weighted by Crippen LogP contribution is -1.62. The monoisotopic (exact) mass is 140 g/mol. The molecule has 0 aliphatic rings. The fourth-order valence-corrected chi connectivity index (χ4v) is 0.658. The first-order valence-corrected chi connectivity index (χ1v) is 2.71. The minimum atomic E-state index is 0.332. The molecule has 3 heteroatoms. The largest absolute Gasteiger partial charge is 0.145 e. The zero-order valence-corrected chi connectivity index (χ0v) is 5.22. The molecule has 0 spiro atoms. The second kappa shape index (κ2) is 2.60. The fourth-order valence-electron chi connectivity index (χ4n) is 0.483. The van der Waals surface area contributed by atoms with Crippen molar-refractivity contribution in [2.45, 2.75) is 0 Å². The summed E-state index contributed by atoms with van der Waals surface area (Å²) in [4.78, 5) is 9.84. The minimum Gasteiger partial charge on any atom is -0.145 e. The van der Waals surface area contributed by atoms with Crippen molar-refractivity contribution < 1.29 is 0 Å². The number of benzene rings is 1. The number of rotatable bonds is 1. The van der Waals surface area contributed by atoms with Gasteiger partial charge in [-0.05, 0) is 17.3 Å². The summed E-state index contributed by atoms with van der Waals surface area (Å²) >= 11 is 5.47. The summed E-state index contributed by atoms with van der Waals surface area (Å²) in [6.45, 7) is 0. The summed E-state index contributed by atoms with van der Waals surface area (Å²) in [6, 6.07) is 7.22. The van der Waals surface area contributed by atoms with Crippen molar-refractivity contribution in [1.82, 2.24) is 0 Å². The second-order valence-corrected chi connectivity index (χ2v) is 1.89. The van der Waals surface area contributed by atoms with Crippen LogP contribution in [0.4, 0.5) is 5.69 Å². The smallest absolute Gasteiger partial charge is 0.109 e. The lowest BCUT2D eigenvalue weighted by atomic mass is 10.3. The summed E-state index contributed by atoms with van der Waals surface area (Å²) < 4.78 is 0. The maximum atomic E-state index is 9.84. The molecule has 1 rings (SSSR count). The van der Waals surface area contributed by atoms with Gasteiger partial charge in [-0.2, -0.15) is 0 Å². The number of nitroso groups, excluding NO2 is 1. The highest BCUT2D eigenvalue weighted by Crippen LogP contribution is 2.15. The van der Waals surface area contributed by atoms with Crippen LogP contribution in [0, 0.1) is 11.0 Å². The Morgan fingerprint density at radius 1 is 1.67 bits per heavy atom. The van der Waals surface area contributed by atoms with Crippen molar-refractivity contribution in [3.63, 3.8) is 0 Å². The molecule has 1 radical (unpaired) electrons. The van der Waals surface area contributed by atoms with E-state index in [1.54, 1.807) is 12.1 Å². The zero-order chi connectivity index (χ0) is 6.69. The maximum Gasteiger partial charge on any atom is 0.109 e. The van der Waals surface area contributed by atoms with Crippen molar-refractivity contribution in [2.24, 2.45) is 5.18 Å².